The van der Waals surface area contributed by atoms with Gasteiger partial charge in [0.05, 0.1) is 23.8 Å². The molecule has 2 heterocycles. The van der Waals surface area contributed by atoms with Gasteiger partial charge in [-0.2, -0.15) is 0 Å². The molecule has 0 radical (unpaired) electrons. The van der Waals surface area contributed by atoms with E-state index in [2.05, 4.69) is 70.4 Å². The monoisotopic (exact) mass is 404 g/mol. The molecule has 1 saturated heterocycles. The van der Waals surface area contributed by atoms with Crippen molar-refractivity contribution in [2.75, 3.05) is 37.3 Å². The summed E-state index contributed by atoms with van der Waals surface area (Å²) in [5.41, 5.74) is 5.33. The summed E-state index contributed by atoms with van der Waals surface area (Å²) in [6.45, 7) is 4.04. The molecule has 1 aromatic heterocycles. The lowest BCUT2D eigenvalue weighted by Gasteiger charge is -2.33. The van der Waals surface area contributed by atoms with Crippen molar-refractivity contribution in [1.82, 2.24) is 9.47 Å². The lowest BCUT2D eigenvalue weighted by molar-refractivity contribution is 0.149. The van der Waals surface area contributed by atoms with Gasteiger partial charge in [-0.25, -0.2) is 4.39 Å². The molecule has 30 heavy (non-hydrogen) atoms. The summed E-state index contributed by atoms with van der Waals surface area (Å²) in [7, 11) is 4.00. The fourth-order valence-corrected chi connectivity index (χ4v) is 3.98. The van der Waals surface area contributed by atoms with Gasteiger partial charge >= 0.3 is 0 Å². The van der Waals surface area contributed by atoms with Gasteiger partial charge in [0.25, 0.3) is 0 Å². The number of nitrogens with zero attached hydrogens (tertiary/aromatic N) is 2. The number of aromatic nitrogens is 1. The molecule has 2 aromatic carbocycles. The third-order valence-electron chi connectivity index (χ3n) is 5.82. The third-order valence-corrected chi connectivity index (χ3v) is 5.82. The largest absolute Gasteiger partial charge is 0.379 e. The molecule has 156 valence electrons. The van der Waals surface area contributed by atoms with Crippen molar-refractivity contribution in [1.29, 1.82) is 0 Å². The molecule has 1 aliphatic heterocycles. The van der Waals surface area contributed by atoms with Gasteiger partial charge in [0.2, 0.25) is 0 Å². The van der Waals surface area contributed by atoms with Crippen molar-refractivity contribution in [3.05, 3.63) is 59.8 Å². The minimum Gasteiger partial charge on any atom is -0.379 e. The van der Waals surface area contributed by atoms with Crippen molar-refractivity contribution in [2.24, 2.45) is 7.05 Å². The lowest BCUT2D eigenvalue weighted by atomic mass is 10.0. The second-order valence-electron chi connectivity index (χ2n) is 8.17. The van der Waals surface area contributed by atoms with Crippen LogP contribution in [0.4, 0.5) is 15.8 Å². The number of hydrogen-bond donors (Lipinski definition) is 2. The second kappa shape index (κ2) is 8.81. The molecule has 0 amide bonds. The second-order valence-corrected chi connectivity index (χ2v) is 8.17. The highest BCUT2D eigenvalue weighted by Gasteiger charge is 2.27. The highest BCUT2D eigenvalue weighted by atomic mass is 19.1. The van der Waals surface area contributed by atoms with Crippen LogP contribution in [0, 0.1) is 18.8 Å². The molecule has 0 aliphatic carbocycles. The Labute approximate surface area is 178 Å². The molecule has 5 heteroatoms. The molecule has 3 aromatic rings. The SMILES string of the molecule is Cc1ccc(NCC#Cc2cc3c(NC4CCN(C)CC4F)cccc3n2C)cc1. The van der Waals surface area contributed by atoms with Gasteiger partial charge in [-0.15, -0.1) is 0 Å². The minimum atomic E-state index is -0.866. The van der Waals surface area contributed by atoms with Crippen molar-refractivity contribution in [3.63, 3.8) is 0 Å². The Hall–Kier alpha value is -2.97. The van der Waals surface area contributed by atoms with Gasteiger partial charge in [0, 0.05) is 36.9 Å². The Balaban J connectivity index is 1.50. The number of fused-ring (bicyclic) bond motifs is 1. The van der Waals surface area contributed by atoms with E-state index in [9.17, 15) is 4.39 Å². The average Bonchev–Trinajstić information content (AvgIpc) is 3.05. The fraction of sp³-hybridized carbons (Fsp3) is 0.360. The maximum atomic E-state index is 14.5. The molecule has 2 atom stereocenters. The van der Waals surface area contributed by atoms with Gasteiger partial charge in [-0.3, -0.25) is 0 Å². The number of alkyl halides is 1. The van der Waals surface area contributed by atoms with Gasteiger partial charge in [-0.1, -0.05) is 29.7 Å². The zero-order chi connectivity index (χ0) is 21.1. The van der Waals surface area contributed by atoms with Crippen molar-refractivity contribution < 1.29 is 4.39 Å². The average molecular weight is 405 g/mol. The zero-order valence-corrected chi connectivity index (χ0v) is 17.9. The Morgan fingerprint density at radius 2 is 1.93 bits per heavy atom. The molecule has 0 saturated carbocycles. The highest BCUT2D eigenvalue weighted by Crippen LogP contribution is 2.28. The number of likely N-dealkylation sites (tertiary alicyclic amines) is 1. The van der Waals surface area contributed by atoms with E-state index in [4.69, 9.17) is 0 Å². The number of anilines is 2. The summed E-state index contributed by atoms with van der Waals surface area (Å²) in [4.78, 5) is 2.05. The summed E-state index contributed by atoms with van der Waals surface area (Å²) in [6, 6.07) is 16.4. The predicted octanol–water partition coefficient (Wildman–Crippen LogP) is 4.40. The van der Waals surface area contributed by atoms with E-state index < -0.39 is 6.17 Å². The quantitative estimate of drug-likeness (QED) is 0.632. The first-order chi connectivity index (χ1) is 14.5. The number of aryl methyl sites for hydroxylation is 2. The minimum absolute atomic E-state index is 0.153. The van der Waals surface area contributed by atoms with Crippen LogP contribution in [0.5, 0.6) is 0 Å². The number of benzene rings is 2. The van der Waals surface area contributed by atoms with Crippen molar-refractivity contribution in [3.8, 4) is 11.8 Å². The summed E-state index contributed by atoms with van der Waals surface area (Å²) in [5, 5.41) is 7.87. The van der Waals surface area contributed by atoms with Crippen LogP contribution in [0.2, 0.25) is 0 Å². The summed E-state index contributed by atoms with van der Waals surface area (Å²) < 4.78 is 16.6. The Bertz CT molecular complexity index is 1070. The Morgan fingerprint density at radius 1 is 1.13 bits per heavy atom. The van der Waals surface area contributed by atoms with Crippen LogP contribution < -0.4 is 10.6 Å². The zero-order valence-electron chi connectivity index (χ0n) is 17.9. The van der Waals surface area contributed by atoms with E-state index >= 15 is 0 Å². The van der Waals surface area contributed by atoms with Gasteiger partial charge in [0.15, 0.2) is 0 Å². The van der Waals surface area contributed by atoms with Crippen molar-refractivity contribution >= 4 is 22.3 Å². The van der Waals surface area contributed by atoms with Gasteiger partial charge in [0.1, 0.15) is 6.17 Å². The first-order valence-corrected chi connectivity index (χ1v) is 10.5. The fourth-order valence-electron chi connectivity index (χ4n) is 3.98. The van der Waals surface area contributed by atoms with Gasteiger partial charge in [-0.05, 0) is 56.6 Å². The summed E-state index contributed by atoms with van der Waals surface area (Å²) in [5.74, 6) is 6.48. The van der Waals surface area contributed by atoms with Crippen LogP contribution in [0.3, 0.4) is 0 Å². The first-order valence-electron chi connectivity index (χ1n) is 10.5. The summed E-state index contributed by atoms with van der Waals surface area (Å²) >= 11 is 0. The Kier molecular flexibility index (Phi) is 5.96. The number of hydrogen-bond acceptors (Lipinski definition) is 3. The normalized spacial score (nSPS) is 19.3. The Morgan fingerprint density at radius 3 is 2.70 bits per heavy atom. The first kappa shape index (κ1) is 20.3. The van der Waals surface area contributed by atoms with Crippen LogP contribution in [-0.2, 0) is 7.05 Å². The lowest BCUT2D eigenvalue weighted by Crippen LogP contribution is -2.46. The molecule has 2 unspecified atom stereocenters. The van der Waals surface area contributed by atoms with Gasteiger partial charge < -0.3 is 20.1 Å². The topological polar surface area (TPSA) is 32.2 Å². The maximum absolute atomic E-state index is 14.5. The molecular weight excluding hydrogens is 375 g/mol. The number of nitrogens with one attached hydrogen (secondary N) is 2. The van der Waals surface area contributed by atoms with E-state index in [-0.39, 0.29) is 6.04 Å². The maximum Gasteiger partial charge on any atom is 0.133 e. The highest BCUT2D eigenvalue weighted by molar-refractivity contribution is 5.94. The molecule has 2 N–H and O–H groups in total. The van der Waals surface area contributed by atoms with E-state index in [1.54, 1.807) is 0 Å². The number of piperidine rings is 1. The van der Waals surface area contributed by atoms with Crippen molar-refractivity contribution in [2.45, 2.75) is 25.6 Å². The van der Waals surface area contributed by atoms with E-state index in [0.29, 0.717) is 13.1 Å². The van der Waals surface area contributed by atoms with E-state index in [1.807, 2.05) is 31.1 Å². The standard InChI is InChI=1S/C25H29FN4/c1-18-9-11-19(12-10-18)27-14-5-6-20-16-21-23(7-4-8-25(21)30(20)3)28-24-13-15-29(2)17-22(24)26/h4,7-12,16,22,24,27-28H,13-15,17H2,1-3H3. The van der Waals surface area contributed by atoms with Crippen LogP contribution in [-0.4, -0.2) is 48.4 Å². The van der Waals surface area contributed by atoms with Crippen LogP contribution in [0.15, 0.2) is 48.5 Å². The number of halogens is 1. The molecule has 4 nitrogen and oxygen atoms in total. The van der Waals surface area contributed by atoms with E-state index in [0.717, 1.165) is 40.9 Å². The van der Waals surface area contributed by atoms with E-state index in [1.165, 1.54) is 5.56 Å². The third kappa shape index (κ3) is 4.44. The molecule has 0 spiro atoms. The molecule has 4 rings (SSSR count). The smallest absolute Gasteiger partial charge is 0.133 e. The molecule has 1 fully saturated rings. The number of rotatable bonds is 4. The predicted molar refractivity (Wildman–Crippen MR) is 124 cm³/mol. The van der Waals surface area contributed by atoms with Crippen LogP contribution in [0.25, 0.3) is 10.9 Å². The molecule has 0 bridgehead atoms. The molecular formula is C25H29FN4. The van der Waals surface area contributed by atoms with Crippen LogP contribution >= 0.6 is 0 Å². The van der Waals surface area contributed by atoms with Crippen LogP contribution in [0.1, 0.15) is 17.7 Å². The summed E-state index contributed by atoms with van der Waals surface area (Å²) in [6.07, 6.45) is -0.0621. The molecule has 1 aliphatic rings.